The number of halogens is 1. The van der Waals surface area contributed by atoms with Gasteiger partial charge in [0.1, 0.15) is 0 Å². The summed E-state index contributed by atoms with van der Waals surface area (Å²) in [5.74, 6) is -3.57. The Bertz CT molecular complexity index is 1080. The fraction of sp³-hybridized carbons (Fsp3) is 0.148. The first kappa shape index (κ1) is 22.7. The SMILES string of the molecule is CC(=O)OCCc1ccc(CP(Cl)(c2ccccc2)(c2ccccc2)c2ccccc2)s1. The molecule has 0 saturated carbocycles. The maximum atomic E-state index is 11.1. The fourth-order valence-electron chi connectivity index (χ4n) is 4.17. The molecule has 0 N–H and O–H groups in total. The van der Waals surface area contributed by atoms with E-state index in [9.17, 15) is 4.79 Å². The predicted molar refractivity (Wildman–Crippen MR) is 139 cm³/mol. The molecule has 32 heavy (non-hydrogen) atoms. The van der Waals surface area contributed by atoms with Gasteiger partial charge in [-0.25, -0.2) is 0 Å². The van der Waals surface area contributed by atoms with Crippen molar-refractivity contribution >= 4 is 50.4 Å². The van der Waals surface area contributed by atoms with Gasteiger partial charge >= 0.3 is 199 Å². The van der Waals surface area contributed by atoms with Crippen LogP contribution in [0.25, 0.3) is 0 Å². The number of carbonyl (C=O) groups excluding carboxylic acids is 1. The number of carbonyl (C=O) groups is 1. The maximum absolute atomic E-state index is 11.1. The van der Waals surface area contributed by atoms with Crippen LogP contribution in [0.15, 0.2) is 103 Å². The molecule has 0 aliphatic heterocycles. The average Bonchev–Trinajstić information content (AvgIpc) is 3.27. The van der Waals surface area contributed by atoms with E-state index in [1.807, 2.05) is 18.2 Å². The Labute approximate surface area is 198 Å². The van der Waals surface area contributed by atoms with E-state index in [1.54, 1.807) is 11.3 Å². The van der Waals surface area contributed by atoms with Gasteiger partial charge in [-0.2, -0.15) is 0 Å². The van der Waals surface area contributed by atoms with E-state index in [0.717, 1.165) is 22.1 Å². The Morgan fingerprint density at radius 3 is 1.62 bits per heavy atom. The molecule has 164 valence electrons. The number of benzene rings is 3. The van der Waals surface area contributed by atoms with Gasteiger partial charge in [0, 0.05) is 0 Å². The molecule has 2 nitrogen and oxygen atoms in total. The average molecular weight is 481 g/mol. The number of hydrogen-bond donors (Lipinski definition) is 0. The first-order valence-corrected chi connectivity index (χ1v) is 14.8. The predicted octanol–water partition coefficient (Wildman–Crippen LogP) is 6.04. The molecule has 0 unspecified atom stereocenters. The third-order valence-corrected chi connectivity index (χ3v) is 14.2. The van der Waals surface area contributed by atoms with E-state index < -0.39 is 5.96 Å². The van der Waals surface area contributed by atoms with Gasteiger partial charge < -0.3 is 0 Å². The molecular weight excluding hydrogens is 455 g/mol. The molecule has 0 amide bonds. The normalized spacial score (nSPS) is 12.6. The van der Waals surface area contributed by atoms with Crippen LogP contribution in [0.2, 0.25) is 0 Å². The Balaban J connectivity index is 1.85. The van der Waals surface area contributed by atoms with Crippen molar-refractivity contribution in [1.82, 2.24) is 0 Å². The van der Waals surface area contributed by atoms with Crippen molar-refractivity contribution in [2.24, 2.45) is 0 Å². The van der Waals surface area contributed by atoms with E-state index >= 15 is 0 Å². The van der Waals surface area contributed by atoms with E-state index in [4.69, 9.17) is 16.0 Å². The van der Waals surface area contributed by atoms with Gasteiger partial charge in [-0.05, 0) is 0 Å². The molecule has 4 aromatic rings. The van der Waals surface area contributed by atoms with Crippen molar-refractivity contribution in [3.05, 3.63) is 113 Å². The zero-order chi connectivity index (χ0) is 22.5. The summed E-state index contributed by atoms with van der Waals surface area (Å²) in [5.41, 5.74) is 0. The van der Waals surface area contributed by atoms with Crippen molar-refractivity contribution in [3.63, 3.8) is 0 Å². The second-order valence-electron chi connectivity index (χ2n) is 7.81. The standard InChI is InChI=1S/C27H26ClO2PS/c1-22(29)30-20-19-26-17-18-27(32-26)21-31(28,23-11-5-2-6-12-23,24-13-7-3-8-14-24)25-15-9-4-10-16-25/h2-18H,19-21H2,1H3. The molecule has 0 spiro atoms. The molecule has 4 rings (SSSR count). The van der Waals surface area contributed by atoms with Gasteiger partial charge in [0.05, 0.1) is 0 Å². The van der Waals surface area contributed by atoms with Crippen LogP contribution < -0.4 is 15.9 Å². The van der Waals surface area contributed by atoms with Crippen molar-refractivity contribution in [3.8, 4) is 0 Å². The number of esters is 1. The monoisotopic (exact) mass is 480 g/mol. The summed E-state index contributed by atoms with van der Waals surface area (Å²) in [6.07, 6.45) is 1.44. The molecule has 0 radical (unpaired) electrons. The summed E-state index contributed by atoms with van der Waals surface area (Å²) < 4.78 is 5.13. The second kappa shape index (κ2) is 9.58. The van der Waals surface area contributed by atoms with Gasteiger partial charge in [0.15, 0.2) is 0 Å². The molecule has 0 aliphatic rings. The quantitative estimate of drug-likeness (QED) is 0.227. The second-order valence-corrected chi connectivity index (χ2v) is 15.5. The van der Waals surface area contributed by atoms with Gasteiger partial charge in [0.2, 0.25) is 0 Å². The zero-order valence-corrected chi connectivity index (χ0v) is 20.5. The Hall–Kier alpha value is -2.45. The third kappa shape index (κ3) is 4.38. The van der Waals surface area contributed by atoms with Crippen molar-refractivity contribution < 1.29 is 9.53 Å². The first-order valence-electron chi connectivity index (χ1n) is 10.6. The van der Waals surface area contributed by atoms with Crippen LogP contribution in [0.4, 0.5) is 0 Å². The number of rotatable bonds is 8. The topological polar surface area (TPSA) is 26.3 Å². The number of ether oxygens (including phenoxy) is 1. The molecule has 3 aromatic carbocycles. The molecule has 0 aliphatic carbocycles. The minimum absolute atomic E-state index is 0.246. The number of thiophene rings is 1. The van der Waals surface area contributed by atoms with Crippen molar-refractivity contribution in [1.29, 1.82) is 0 Å². The summed E-state index contributed by atoms with van der Waals surface area (Å²) in [4.78, 5) is 13.5. The minimum atomic E-state index is -3.32. The van der Waals surface area contributed by atoms with Crippen LogP contribution in [0.1, 0.15) is 16.7 Å². The fourth-order valence-corrected chi connectivity index (χ4v) is 12.1. The number of hydrogen-bond acceptors (Lipinski definition) is 3. The van der Waals surface area contributed by atoms with Crippen LogP contribution >= 0.6 is 28.5 Å². The van der Waals surface area contributed by atoms with E-state index in [0.29, 0.717) is 13.0 Å². The molecule has 0 fully saturated rings. The Morgan fingerprint density at radius 1 is 0.750 bits per heavy atom. The van der Waals surface area contributed by atoms with E-state index in [2.05, 4.69) is 84.9 Å². The van der Waals surface area contributed by atoms with Crippen molar-refractivity contribution in [2.45, 2.75) is 19.5 Å². The van der Waals surface area contributed by atoms with Crippen molar-refractivity contribution in [2.75, 3.05) is 6.61 Å². The van der Waals surface area contributed by atoms with Crippen LogP contribution in [0.3, 0.4) is 0 Å². The summed E-state index contributed by atoms with van der Waals surface area (Å²) in [5, 5.41) is 3.48. The van der Waals surface area contributed by atoms with Crippen LogP contribution in [-0.2, 0) is 22.1 Å². The third-order valence-electron chi connectivity index (χ3n) is 5.71. The van der Waals surface area contributed by atoms with Crippen LogP contribution in [-0.4, -0.2) is 12.6 Å². The summed E-state index contributed by atoms with van der Waals surface area (Å²) in [6, 6.07) is 35.9. The Kier molecular flexibility index (Phi) is 6.81. The summed E-state index contributed by atoms with van der Waals surface area (Å²) >= 11 is 9.88. The molecule has 0 atom stereocenters. The molecule has 1 aromatic heterocycles. The van der Waals surface area contributed by atoms with E-state index in [-0.39, 0.29) is 5.97 Å². The first-order chi connectivity index (χ1) is 15.5. The molecule has 1 heterocycles. The molecule has 0 saturated heterocycles. The van der Waals surface area contributed by atoms with Gasteiger partial charge in [-0.3, -0.25) is 0 Å². The Morgan fingerprint density at radius 2 is 1.19 bits per heavy atom. The molecule has 5 heteroatoms. The van der Waals surface area contributed by atoms with Gasteiger partial charge in [-0.15, -0.1) is 0 Å². The zero-order valence-electron chi connectivity index (χ0n) is 18.0. The summed E-state index contributed by atoms with van der Waals surface area (Å²) in [7, 11) is 0. The summed E-state index contributed by atoms with van der Waals surface area (Å²) in [6.45, 7) is 1.84. The van der Waals surface area contributed by atoms with Gasteiger partial charge in [-0.1, -0.05) is 0 Å². The van der Waals surface area contributed by atoms with Gasteiger partial charge in [0.25, 0.3) is 0 Å². The van der Waals surface area contributed by atoms with E-state index in [1.165, 1.54) is 16.7 Å². The van der Waals surface area contributed by atoms with Crippen LogP contribution in [0, 0.1) is 0 Å². The van der Waals surface area contributed by atoms with Crippen LogP contribution in [0.5, 0.6) is 0 Å². The molecule has 0 bridgehead atoms. The molecular formula is C27H26ClO2PS.